The van der Waals surface area contributed by atoms with Crippen LogP contribution in [0.15, 0.2) is 54.3 Å². The van der Waals surface area contributed by atoms with Gasteiger partial charge in [0, 0.05) is 6.42 Å². The molecule has 1 atom stereocenters. The highest BCUT2D eigenvalue weighted by Gasteiger charge is 2.31. The van der Waals surface area contributed by atoms with Gasteiger partial charge in [-0.15, -0.1) is 0 Å². The van der Waals surface area contributed by atoms with Crippen molar-refractivity contribution in [2.45, 2.75) is 12.0 Å². The first kappa shape index (κ1) is 14.8. The first-order chi connectivity index (χ1) is 9.80. The molecule has 0 saturated carbocycles. The van der Waals surface area contributed by atoms with E-state index in [4.69, 9.17) is 19.7 Å². The van der Waals surface area contributed by atoms with E-state index in [9.17, 15) is 0 Å². The molecule has 2 N–H and O–H groups in total. The van der Waals surface area contributed by atoms with E-state index < -0.39 is 5.60 Å². The van der Waals surface area contributed by atoms with Crippen molar-refractivity contribution < 1.29 is 19.7 Å². The van der Waals surface area contributed by atoms with Crippen molar-refractivity contribution in [2.24, 2.45) is 0 Å². The standard InChI is InChI=1S/C16H20O4/c17-10-12-19-15-6-8-16(9-7-15,20-13-11-18)14-4-2-1-3-5-14/h1-8,17-18H,9-13H2. The maximum Gasteiger partial charge on any atom is 0.115 e. The van der Waals surface area contributed by atoms with Gasteiger partial charge in [-0.05, 0) is 23.8 Å². The van der Waals surface area contributed by atoms with E-state index in [1.807, 2.05) is 48.6 Å². The van der Waals surface area contributed by atoms with Gasteiger partial charge in [0.1, 0.15) is 18.0 Å². The molecule has 0 bridgehead atoms. The normalized spacial score (nSPS) is 21.6. The fraction of sp³-hybridized carbons (Fsp3) is 0.375. The third-order valence-corrected chi connectivity index (χ3v) is 3.20. The molecule has 1 aliphatic rings. The minimum Gasteiger partial charge on any atom is -0.492 e. The highest BCUT2D eigenvalue weighted by molar-refractivity contribution is 5.34. The number of allylic oxidation sites excluding steroid dienone is 1. The molecule has 1 unspecified atom stereocenters. The average molecular weight is 276 g/mol. The van der Waals surface area contributed by atoms with Gasteiger partial charge in [0.2, 0.25) is 0 Å². The average Bonchev–Trinajstić information content (AvgIpc) is 2.53. The van der Waals surface area contributed by atoms with Gasteiger partial charge < -0.3 is 19.7 Å². The monoisotopic (exact) mass is 276 g/mol. The van der Waals surface area contributed by atoms with Crippen molar-refractivity contribution in [1.29, 1.82) is 0 Å². The third kappa shape index (κ3) is 3.48. The Morgan fingerprint density at radius 1 is 1.05 bits per heavy atom. The van der Waals surface area contributed by atoms with Crippen LogP contribution in [0.1, 0.15) is 12.0 Å². The highest BCUT2D eigenvalue weighted by Crippen LogP contribution is 2.35. The Morgan fingerprint density at radius 3 is 2.40 bits per heavy atom. The van der Waals surface area contributed by atoms with Gasteiger partial charge in [0.25, 0.3) is 0 Å². The Bertz CT molecular complexity index is 467. The lowest BCUT2D eigenvalue weighted by Crippen LogP contribution is -2.30. The zero-order valence-electron chi connectivity index (χ0n) is 11.4. The molecule has 0 saturated heterocycles. The van der Waals surface area contributed by atoms with Gasteiger partial charge in [-0.2, -0.15) is 0 Å². The molecule has 0 aromatic heterocycles. The maximum atomic E-state index is 9.01. The predicted octanol–water partition coefficient (Wildman–Crippen LogP) is 1.74. The lowest BCUT2D eigenvalue weighted by atomic mass is 9.87. The first-order valence-corrected chi connectivity index (χ1v) is 6.74. The van der Waals surface area contributed by atoms with Crippen LogP contribution < -0.4 is 0 Å². The summed E-state index contributed by atoms with van der Waals surface area (Å²) < 4.78 is 11.3. The van der Waals surface area contributed by atoms with Crippen molar-refractivity contribution in [3.63, 3.8) is 0 Å². The summed E-state index contributed by atoms with van der Waals surface area (Å²) in [5, 5.41) is 17.8. The van der Waals surface area contributed by atoms with E-state index in [0.717, 1.165) is 11.3 Å². The minimum absolute atomic E-state index is 0.00395. The Hall–Kier alpha value is -1.62. The highest BCUT2D eigenvalue weighted by atomic mass is 16.5. The summed E-state index contributed by atoms with van der Waals surface area (Å²) in [7, 11) is 0. The number of rotatable bonds is 7. The van der Waals surface area contributed by atoms with E-state index in [-0.39, 0.29) is 26.4 Å². The molecule has 1 aromatic carbocycles. The molecule has 0 radical (unpaired) electrons. The molecule has 0 amide bonds. The zero-order valence-corrected chi connectivity index (χ0v) is 11.4. The number of hydrogen-bond donors (Lipinski definition) is 2. The SMILES string of the molecule is OCCOC1=CCC(OCCO)(c2ccccc2)C=C1. The summed E-state index contributed by atoms with van der Waals surface area (Å²) in [6, 6.07) is 9.91. The number of benzene rings is 1. The van der Waals surface area contributed by atoms with Gasteiger partial charge in [0.15, 0.2) is 0 Å². The second kappa shape index (κ2) is 7.24. The second-order valence-electron chi connectivity index (χ2n) is 4.54. The lowest BCUT2D eigenvalue weighted by molar-refractivity contribution is -0.0290. The number of ether oxygens (including phenoxy) is 2. The van der Waals surface area contributed by atoms with Crippen molar-refractivity contribution >= 4 is 0 Å². The summed E-state index contributed by atoms with van der Waals surface area (Å²) in [5.41, 5.74) is 0.484. The molecule has 0 aliphatic heterocycles. The van der Waals surface area contributed by atoms with Crippen molar-refractivity contribution in [3.05, 3.63) is 59.9 Å². The van der Waals surface area contributed by atoms with Crippen LogP contribution >= 0.6 is 0 Å². The van der Waals surface area contributed by atoms with Crippen LogP contribution in [-0.2, 0) is 15.1 Å². The number of hydrogen-bond acceptors (Lipinski definition) is 4. The number of aliphatic hydroxyl groups excluding tert-OH is 2. The largest absolute Gasteiger partial charge is 0.492 e. The van der Waals surface area contributed by atoms with Crippen LogP contribution in [-0.4, -0.2) is 36.6 Å². The van der Waals surface area contributed by atoms with E-state index in [0.29, 0.717) is 6.42 Å². The molecular weight excluding hydrogens is 256 g/mol. The first-order valence-electron chi connectivity index (χ1n) is 6.74. The molecule has 108 valence electrons. The van der Waals surface area contributed by atoms with Gasteiger partial charge >= 0.3 is 0 Å². The maximum absolute atomic E-state index is 9.01. The van der Waals surface area contributed by atoms with Crippen molar-refractivity contribution in [1.82, 2.24) is 0 Å². The Morgan fingerprint density at radius 2 is 1.80 bits per heavy atom. The van der Waals surface area contributed by atoms with Crippen molar-refractivity contribution in [2.75, 3.05) is 26.4 Å². The summed E-state index contributed by atoms with van der Waals surface area (Å²) in [6.45, 7) is 0.544. The summed E-state index contributed by atoms with van der Waals surface area (Å²) in [4.78, 5) is 0. The smallest absolute Gasteiger partial charge is 0.115 e. The Labute approximate surface area is 119 Å². The van der Waals surface area contributed by atoms with Crippen molar-refractivity contribution in [3.8, 4) is 0 Å². The van der Waals surface area contributed by atoms with E-state index in [2.05, 4.69) is 0 Å². The topological polar surface area (TPSA) is 58.9 Å². The summed E-state index contributed by atoms with van der Waals surface area (Å²) >= 11 is 0. The number of aliphatic hydroxyl groups is 2. The van der Waals surface area contributed by atoms with Gasteiger partial charge in [-0.1, -0.05) is 30.3 Å². The molecule has 2 rings (SSSR count). The quantitative estimate of drug-likeness (QED) is 0.796. The van der Waals surface area contributed by atoms with Gasteiger partial charge in [0.05, 0.1) is 19.8 Å². The summed E-state index contributed by atoms with van der Waals surface area (Å²) in [6.07, 6.45) is 6.38. The lowest BCUT2D eigenvalue weighted by Gasteiger charge is -2.32. The molecule has 20 heavy (non-hydrogen) atoms. The molecule has 0 spiro atoms. The van der Waals surface area contributed by atoms with Gasteiger partial charge in [-0.25, -0.2) is 0 Å². The molecule has 4 nitrogen and oxygen atoms in total. The molecule has 4 heteroatoms. The molecule has 0 heterocycles. The third-order valence-electron chi connectivity index (χ3n) is 3.20. The Balaban J connectivity index is 2.16. The van der Waals surface area contributed by atoms with E-state index >= 15 is 0 Å². The fourth-order valence-corrected chi connectivity index (χ4v) is 2.23. The summed E-state index contributed by atoms with van der Waals surface area (Å²) in [5.74, 6) is 0.734. The van der Waals surface area contributed by atoms with Crippen LogP contribution in [0.5, 0.6) is 0 Å². The van der Waals surface area contributed by atoms with Crippen LogP contribution in [0.25, 0.3) is 0 Å². The predicted molar refractivity (Wildman–Crippen MR) is 76.0 cm³/mol. The molecule has 1 aliphatic carbocycles. The van der Waals surface area contributed by atoms with E-state index in [1.165, 1.54) is 0 Å². The van der Waals surface area contributed by atoms with E-state index in [1.54, 1.807) is 0 Å². The van der Waals surface area contributed by atoms with Crippen LogP contribution in [0, 0.1) is 0 Å². The second-order valence-corrected chi connectivity index (χ2v) is 4.54. The fourth-order valence-electron chi connectivity index (χ4n) is 2.23. The van der Waals surface area contributed by atoms with Crippen LogP contribution in [0.3, 0.4) is 0 Å². The van der Waals surface area contributed by atoms with Crippen LogP contribution in [0.4, 0.5) is 0 Å². The Kier molecular flexibility index (Phi) is 5.35. The van der Waals surface area contributed by atoms with Gasteiger partial charge in [-0.3, -0.25) is 0 Å². The zero-order chi connectivity index (χ0) is 14.3. The van der Waals surface area contributed by atoms with Crippen LogP contribution in [0.2, 0.25) is 0 Å². The molecular formula is C16H20O4. The minimum atomic E-state index is -0.559. The molecule has 1 aromatic rings. The molecule has 0 fully saturated rings.